The normalized spacial score (nSPS) is 10.7. The van der Waals surface area contributed by atoms with Crippen LogP contribution in [0.2, 0.25) is 10.0 Å². The van der Waals surface area contributed by atoms with E-state index in [1.54, 1.807) is 44.6 Å². The predicted molar refractivity (Wildman–Crippen MR) is 106 cm³/mol. The second-order valence-corrected chi connectivity index (χ2v) is 6.47. The van der Waals surface area contributed by atoms with Crippen LogP contribution in [0.25, 0.3) is 11.4 Å². The van der Waals surface area contributed by atoms with Crippen molar-refractivity contribution in [2.24, 2.45) is 0 Å². The minimum Gasteiger partial charge on any atom is -0.497 e. The molecule has 3 rings (SSSR count). The lowest BCUT2D eigenvalue weighted by Gasteiger charge is -2.07. The highest BCUT2D eigenvalue weighted by Gasteiger charge is 2.22. The molecule has 0 unspecified atom stereocenters. The van der Waals surface area contributed by atoms with Gasteiger partial charge in [0, 0.05) is 17.7 Å². The molecule has 2 aromatic carbocycles. The Morgan fingerprint density at radius 3 is 2.46 bits per heavy atom. The smallest absolute Gasteiger partial charge is 0.336 e. The predicted octanol–water partition coefficient (Wildman–Crippen LogP) is 3.97. The van der Waals surface area contributed by atoms with Crippen molar-refractivity contribution in [1.29, 1.82) is 0 Å². The van der Waals surface area contributed by atoms with Gasteiger partial charge in [-0.3, -0.25) is 4.79 Å². The fourth-order valence-electron chi connectivity index (χ4n) is 2.42. The SMILES string of the molecule is COCCOc1nc(-c2ccc(OC)cc2)n(C(=O)c2ccc(Cl)cc2Cl)n1. The van der Waals surface area contributed by atoms with Gasteiger partial charge in [0.1, 0.15) is 12.4 Å². The van der Waals surface area contributed by atoms with Gasteiger partial charge >= 0.3 is 6.01 Å². The Hall–Kier alpha value is -2.61. The Morgan fingerprint density at radius 2 is 1.82 bits per heavy atom. The van der Waals surface area contributed by atoms with Crippen LogP contribution >= 0.6 is 23.2 Å². The molecule has 0 aliphatic heterocycles. The van der Waals surface area contributed by atoms with Crippen molar-refractivity contribution in [2.75, 3.05) is 27.4 Å². The lowest BCUT2D eigenvalue weighted by molar-refractivity contribution is 0.0943. The minimum absolute atomic E-state index is 0.0568. The first kappa shape index (κ1) is 20.1. The minimum atomic E-state index is -0.457. The molecule has 28 heavy (non-hydrogen) atoms. The maximum atomic E-state index is 13.1. The third kappa shape index (κ3) is 4.44. The third-order valence-corrected chi connectivity index (χ3v) is 4.36. The molecule has 0 spiro atoms. The summed E-state index contributed by atoms with van der Waals surface area (Å²) in [6.45, 7) is 0.613. The molecule has 0 amide bonds. The topological polar surface area (TPSA) is 75.5 Å². The van der Waals surface area contributed by atoms with Gasteiger partial charge in [0.2, 0.25) is 0 Å². The Labute approximate surface area is 171 Å². The lowest BCUT2D eigenvalue weighted by atomic mass is 10.2. The van der Waals surface area contributed by atoms with E-state index in [1.165, 1.54) is 12.1 Å². The maximum absolute atomic E-state index is 13.1. The van der Waals surface area contributed by atoms with E-state index < -0.39 is 5.91 Å². The summed E-state index contributed by atoms with van der Waals surface area (Å²) in [5, 5.41) is 4.84. The standard InChI is InChI=1S/C19H17Cl2N3O4/c1-26-9-10-28-19-22-17(12-3-6-14(27-2)7-4-12)24(23-19)18(25)15-8-5-13(20)11-16(15)21/h3-8,11H,9-10H2,1-2H3. The summed E-state index contributed by atoms with van der Waals surface area (Å²) >= 11 is 12.1. The van der Waals surface area contributed by atoms with Gasteiger partial charge < -0.3 is 14.2 Å². The zero-order valence-corrected chi connectivity index (χ0v) is 16.7. The molecular weight excluding hydrogens is 405 g/mol. The first-order chi connectivity index (χ1) is 13.5. The summed E-state index contributed by atoms with van der Waals surface area (Å²) < 4.78 is 16.7. The lowest BCUT2D eigenvalue weighted by Crippen LogP contribution is -2.16. The van der Waals surface area contributed by atoms with E-state index in [2.05, 4.69) is 10.1 Å². The summed E-state index contributed by atoms with van der Waals surface area (Å²) in [6, 6.07) is 11.7. The Morgan fingerprint density at radius 1 is 1.07 bits per heavy atom. The van der Waals surface area contributed by atoms with Crippen LogP contribution in [-0.4, -0.2) is 48.1 Å². The zero-order chi connectivity index (χ0) is 20.1. The summed E-state index contributed by atoms with van der Waals surface area (Å²) in [4.78, 5) is 17.4. The average molecular weight is 422 g/mol. The zero-order valence-electron chi connectivity index (χ0n) is 15.2. The number of methoxy groups -OCH3 is 2. The summed E-state index contributed by atoms with van der Waals surface area (Å²) in [5.74, 6) is 0.533. The molecule has 7 nitrogen and oxygen atoms in total. The van der Waals surface area contributed by atoms with Gasteiger partial charge in [0.05, 0.1) is 24.3 Å². The Bertz CT molecular complexity index is 974. The number of benzene rings is 2. The maximum Gasteiger partial charge on any atom is 0.336 e. The highest BCUT2D eigenvalue weighted by molar-refractivity contribution is 6.36. The van der Waals surface area contributed by atoms with Crippen molar-refractivity contribution in [1.82, 2.24) is 14.8 Å². The molecule has 1 aromatic heterocycles. The van der Waals surface area contributed by atoms with Crippen LogP contribution in [0.5, 0.6) is 11.8 Å². The van der Waals surface area contributed by atoms with Crippen molar-refractivity contribution in [3.63, 3.8) is 0 Å². The van der Waals surface area contributed by atoms with Gasteiger partial charge in [-0.25, -0.2) is 0 Å². The fraction of sp³-hybridized carbons (Fsp3) is 0.211. The molecule has 0 radical (unpaired) electrons. The molecule has 0 bridgehead atoms. The van der Waals surface area contributed by atoms with E-state index in [0.29, 0.717) is 28.8 Å². The number of ether oxygens (including phenoxy) is 3. The van der Waals surface area contributed by atoms with Crippen molar-refractivity contribution >= 4 is 29.1 Å². The molecule has 3 aromatic rings. The number of hydrogen-bond donors (Lipinski definition) is 0. The molecule has 146 valence electrons. The van der Waals surface area contributed by atoms with Crippen LogP contribution in [0.3, 0.4) is 0 Å². The van der Waals surface area contributed by atoms with Crippen molar-refractivity contribution in [3.05, 3.63) is 58.1 Å². The van der Waals surface area contributed by atoms with Crippen molar-refractivity contribution in [2.45, 2.75) is 0 Å². The highest BCUT2D eigenvalue weighted by atomic mass is 35.5. The molecule has 0 N–H and O–H groups in total. The van der Waals surface area contributed by atoms with E-state index >= 15 is 0 Å². The molecule has 0 atom stereocenters. The number of carbonyl (C=O) groups excluding carboxylic acids is 1. The van der Waals surface area contributed by atoms with Crippen LogP contribution in [0.1, 0.15) is 10.4 Å². The van der Waals surface area contributed by atoms with Gasteiger partial charge in [0.25, 0.3) is 5.91 Å². The average Bonchev–Trinajstić information content (AvgIpc) is 3.12. The second-order valence-electron chi connectivity index (χ2n) is 5.63. The quantitative estimate of drug-likeness (QED) is 0.537. The van der Waals surface area contributed by atoms with E-state index in [0.717, 1.165) is 4.68 Å². The van der Waals surface area contributed by atoms with E-state index in [-0.39, 0.29) is 23.2 Å². The van der Waals surface area contributed by atoms with Gasteiger partial charge in [-0.1, -0.05) is 23.2 Å². The molecular formula is C19H17Cl2N3O4. The number of carbonyl (C=O) groups is 1. The van der Waals surface area contributed by atoms with Gasteiger partial charge in [0.15, 0.2) is 5.82 Å². The van der Waals surface area contributed by atoms with Crippen LogP contribution < -0.4 is 9.47 Å². The summed E-state index contributed by atoms with van der Waals surface area (Å²) in [5.41, 5.74) is 0.905. The van der Waals surface area contributed by atoms with Crippen LogP contribution in [-0.2, 0) is 4.74 Å². The first-order valence-corrected chi connectivity index (χ1v) is 9.02. The first-order valence-electron chi connectivity index (χ1n) is 8.26. The number of halogens is 2. The highest BCUT2D eigenvalue weighted by Crippen LogP contribution is 2.26. The molecule has 0 aliphatic carbocycles. The Balaban J connectivity index is 2.02. The van der Waals surface area contributed by atoms with Crippen LogP contribution in [0, 0.1) is 0 Å². The van der Waals surface area contributed by atoms with Gasteiger partial charge in [-0.15, -0.1) is 5.10 Å². The van der Waals surface area contributed by atoms with Crippen molar-refractivity contribution in [3.8, 4) is 23.1 Å². The van der Waals surface area contributed by atoms with E-state index in [9.17, 15) is 4.79 Å². The largest absolute Gasteiger partial charge is 0.497 e. The number of aromatic nitrogens is 3. The van der Waals surface area contributed by atoms with Gasteiger partial charge in [-0.05, 0) is 42.5 Å². The molecule has 0 aliphatic rings. The van der Waals surface area contributed by atoms with Crippen LogP contribution in [0.4, 0.5) is 0 Å². The molecule has 0 fully saturated rings. The van der Waals surface area contributed by atoms with Gasteiger partial charge in [-0.2, -0.15) is 9.67 Å². The number of rotatable bonds is 7. The third-order valence-electron chi connectivity index (χ3n) is 3.81. The van der Waals surface area contributed by atoms with E-state index in [4.69, 9.17) is 37.4 Å². The van der Waals surface area contributed by atoms with E-state index in [1.807, 2.05) is 0 Å². The Kier molecular flexibility index (Phi) is 6.51. The van der Waals surface area contributed by atoms with Crippen molar-refractivity contribution < 1.29 is 19.0 Å². The second kappa shape index (κ2) is 9.05. The fourth-order valence-corrected chi connectivity index (χ4v) is 2.91. The number of nitrogens with zero attached hydrogens (tertiary/aromatic N) is 3. The molecule has 1 heterocycles. The molecule has 0 saturated carbocycles. The summed E-state index contributed by atoms with van der Waals surface area (Å²) in [7, 11) is 3.13. The summed E-state index contributed by atoms with van der Waals surface area (Å²) in [6.07, 6.45) is 0. The molecule has 9 heteroatoms. The van der Waals surface area contributed by atoms with Crippen LogP contribution in [0.15, 0.2) is 42.5 Å². The number of hydrogen-bond acceptors (Lipinski definition) is 6. The molecule has 0 saturated heterocycles. The monoisotopic (exact) mass is 421 g/mol.